The van der Waals surface area contributed by atoms with Crippen LogP contribution in [0.15, 0.2) is 47.1 Å². The van der Waals surface area contributed by atoms with Gasteiger partial charge in [-0.15, -0.1) is 0 Å². The number of anilines is 3. The lowest BCUT2D eigenvalue weighted by atomic mass is 9.84. The van der Waals surface area contributed by atoms with Crippen molar-refractivity contribution in [2.45, 2.75) is 47.0 Å². The minimum Gasteiger partial charge on any atom is -0.463 e. The van der Waals surface area contributed by atoms with Gasteiger partial charge in [0.25, 0.3) is 0 Å². The summed E-state index contributed by atoms with van der Waals surface area (Å²) < 4.78 is 11.8. The number of para-hydroxylation sites is 2. The van der Waals surface area contributed by atoms with Gasteiger partial charge in [-0.1, -0.05) is 45.0 Å². The van der Waals surface area contributed by atoms with Crippen LogP contribution in [0.25, 0.3) is 0 Å². The van der Waals surface area contributed by atoms with Crippen molar-refractivity contribution in [3.05, 3.63) is 65.1 Å². The van der Waals surface area contributed by atoms with E-state index < -0.39 is 0 Å². The molecule has 3 nitrogen and oxygen atoms in total. The number of rotatable bonds is 1. The summed E-state index contributed by atoms with van der Waals surface area (Å²) in [6.45, 7) is 13.1. The zero-order valence-electron chi connectivity index (χ0n) is 16.3. The highest BCUT2D eigenvalue weighted by molar-refractivity contribution is 5.88. The number of benzene rings is 2. The molecule has 0 saturated carbocycles. The predicted molar refractivity (Wildman–Crippen MR) is 106 cm³/mol. The third-order valence-electron chi connectivity index (χ3n) is 5.04. The van der Waals surface area contributed by atoms with Gasteiger partial charge in [0.15, 0.2) is 11.5 Å². The van der Waals surface area contributed by atoms with Gasteiger partial charge in [0.2, 0.25) is 0 Å². The summed E-state index contributed by atoms with van der Waals surface area (Å²) >= 11 is 0. The zero-order chi connectivity index (χ0) is 18.6. The Bertz CT molecular complexity index is 969. The molecule has 0 radical (unpaired) electrons. The monoisotopic (exact) mass is 347 g/mol. The lowest BCUT2D eigenvalue weighted by molar-refractivity contribution is 0.449. The summed E-state index contributed by atoms with van der Waals surface area (Å²) in [5.74, 6) is 2.44. The molecule has 0 bridgehead atoms. The van der Waals surface area contributed by atoms with Crippen LogP contribution < -0.4 is 9.64 Å². The number of ether oxygens (including phenoxy) is 1. The number of hydrogen-bond acceptors (Lipinski definition) is 3. The highest BCUT2D eigenvalue weighted by atomic mass is 16.5. The number of fused-ring (bicyclic) bond motifs is 2. The Kier molecular flexibility index (Phi) is 3.65. The molecule has 26 heavy (non-hydrogen) atoms. The average molecular weight is 347 g/mol. The summed E-state index contributed by atoms with van der Waals surface area (Å²) in [5, 5.41) is 0. The quantitative estimate of drug-likeness (QED) is 0.368. The minimum atomic E-state index is 0.119. The Morgan fingerprint density at radius 1 is 0.885 bits per heavy atom. The maximum absolute atomic E-state index is 6.12. The van der Waals surface area contributed by atoms with Crippen LogP contribution in [0.4, 0.5) is 17.1 Å². The number of furan rings is 1. The Hall–Kier alpha value is -2.68. The summed E-state index contributed by atoms with van der Waals surface area (Å²) in [4.78, 5) is 2.27. The van der Waals surface area contributed by atoms with Crippen LogP contribution in [-0.4, -0.2) is 0 Å². The smallest absolute Gasteiger partial charge is 0.192 e. The summed E-state index contributed by atoms with van der Waals surface area (Å²) in [5.41, 5.74) is 7.14. The summed E-state index contributed by atoms with van der Waals surface area (Å²) in [6.07, 6.45) is 1.79. The third kappa shape index (κ3) is 2.50. The van der Waals surface area contributed by atoms with Gasteiger partial charge < -0.3 is 14.1 Å². The molecule has 0 N–H and O–H groups in total. The number of aryl methyl sites for hydroxylation is 3. The van der Waals surface area contributed by atoms with Crippen LogP contribution in [0.1, 0.15) is 43.2 Å². The molecule has 0 spiro atoms. The van der Waals surface area contributed by atoms with E-state index in [1.54, 1.807) is 6.26 Å². The Morgan fingerprint density at radius 3 is 2.19 bits per heavy atom. The maximum atomic E-state index is 6.12. The van der Waals surface area contributed by atoms with Crippen LogP contribution in [0, 0.1) is 20.8 Å². The van der Waals surface area contributed by atoms with Crippen LogP contribution in [0.3, 0.4) is 0 Å². The van der Waals surface area contributed by atoms with Crippen molar-refractivity contribution in [1.29, 1.82) is 0 Å². The van der Waals surface area contributed by atoms with Gasteiger partial charge in [-0.25, -0.2) is 0 Å². The summed E-state index contributed by atoms with van der Waals surface area (Å²) in [7, 11) is 0. The normalized spacial score (nSPS) is 13.2. The molecule has 3 heteroatoms. The van der Waals surface area contributed by atoms with E-state index in [4.69, 9.17) is 9.15 Å². The molecule has 0 unspecified atom stereocenters. The van der Waals surface area contributed by atoms with E-state index >= 15 is 0 Å². The zero-order valence-corrected chi connectivity index (χ0v) is 16.3. The minimum absolute atomic E-state index is 0.119. The van der Waals surface area contributed by atoms with E-state index in [0.29, 0.717) is 0 Å². The Labute approximate surface area is 155 Å². The van der Waals surface area contributed by atoms with E-state index in [1.165, 1.54) is 22.4 Å². The molecule has 4 rings (SSSR count). The Balaban J connectivity index is 1.97. The fourth-order valence-electron chi connectivity index (χ4n) is 3.66. The molecule has 1 aliphatic rings. The largest absolute Gasteiger partial charge is 0.463 e. The first-order valence-electron chi connectivity index (χ1n) is 9.04. The van der Waals surface area contributed by atoms with Gasteiger partial charge in [-0.05, 0) is 55.0 Å². The van der Waals surface area contributed by atoms with E-state index in [2.05, 4.69) is 57.7 Å². The van der Waals surface area contributed by atoms with Crippen LogP contribution in [0.5, 0.6) is 11.5 Å². The van der Waals surface area contributed by atoms with Crippen molar-refractivity contribution < 1.29 is 9.15 Å². The second-order valence-corrected chi connectivity index (χ2v) is 8.12. The number of nitrogens with zero attached hydrogens (tertiary/aromatic N) is 1. The summed E-state index contributed by atoms with van der Waals surface area (Å²) in [6, 6.07) is 12.7. The van der Waals surface area contributed by atoms with Crippen LogP contribution in [0.2, 0.25) is 0 Å². The molecule has 1 aliphatic heterocycles. The second kappa shape index (κ2) is 5.66. The van der Waals surface area contributed by atoms with Gasteiger partial charge in [0.1, 0.15) is 17.7 Å². The predicted octanol–water partition coefficient (Wildman–Crippen LogP) is 7.08. The van der Waals surface area contributed by atoms with Crippen molar-refractivity contribution in [3.8, 4) is 11.5 Å². The molecule has 3 aromatic rings. The second-order valence-electron chi connectivity index (χ2n) is 8.12. The molecule has 0 amide bonds. The fourth-order valence-corrected chi connectivity index (χ4v) is 3.66. The molecule has 0 fully saturated rings. The Morgan fingerprint density at radius 2 is 1.54 bits per heavy atom. The molecule has 2 heterocycles. The van der Waals surface area contributed by atoms with Crippen LogP contribution >= 0.6 is 0 Å². The topological polar surface area (TPSA) is 25.6 Å². The van der Waals surface area contributed by atoms with E-state index in [0.717, 1.165) is 28.6 Å². The van der Waals surface area contributed by atoms with Gasteiger partial charge >= 0.3 is 0 Å². The van der Waals surface area contributed by atoms with E-state index in [1.807, 2.05) is 25.1 Å². The van der Waals surface area contributed by atoms with Crippen molar-refractivity contribution in [2.75, 3.05) is 4.90 Å². The molecule has 1 aromatic heterocycles. The molecular formula is C23H25NO2. The lowest BCUT2D eigenvalue weighted by Gasteiger charge is -2.33. The SMILES string of the molecule is Cc1cc(C(C)(C)C)cc(C)c1N1c2ccccc2Oc2c1coc2C. The van der Waals surface area contributed by atoms with Gasteiger partial charge in [-0.2, -0.15) is 0 Å². The van der Waals surface area contributed by atoms with Crippen LogP contribution in [-0.2, 0) is 5.41 Å². The molecule has 134 valence electrons. The maximum Gasteiger partial charge on any atom is 0.192 e. The first-order chi connectivity index (χ1) is 12.3. The first kappa shape index (κ1) is 16.8. The molecule has 0 atom stereocenters. The lowest BCUT2D eigenvalue weighted by Crippen LogP contribution is -2.18. The molecule has 0 saturated heterocycles. The first-order valence-corrected chi connectivity index (χ1v) is 9.04. The van der Waals surface area contributed by atoms with Crippen molar-refractivity contribution in [2.24, 2.45) is 0 Å². The molecule has 2 aromatic carbocycles. The number of hydrogen-bond donors (Lipinski definition) is 0. The fraction of sp³-hybridized carbons (Fsp3) is 0.304. The molecule has 0 aliphatic carbocycles. The third-order valence-corrected chi connectivity index (χ3v) is 5.04. The highest BCUT2D eigenvalue weighted by Crippen LogP contribution is 2.53. The van der Waals surface area contributed by atoms with E-state index in [9.17, 15) is 0 Å². The standard InChI is InChI=1S/C23H25NO2/c1-14-11-17(23(4,5)6)12-15(2)21(14)24-18-9-7-8-10-20(18)26-22-16(3)25-13-19(22)24/h7-13H,1-6H3. The highest BCUT2D eigenvalue weighted by Gasteiger charge is 2.31. The molecular weight excluding hydrogens is 322 g/mol. The van der Waals surface area contributed by atoms with Gasteiger partial charge in [0.05, 0.1) is 11.4 Å². The van der Waals surface area contributed by atoms with E-state index in [-0.39, 0.29) is 5.41 Å². The average Bonchev–Trinajstić information content (AvgIpc) is 2.93. The van der Waals surface area contributed by atoms with Crippen molar-refractivity contribution >= 4 is 17.1 Å². The van der Waals surface area contributed by atoms with Gasteiger partial charge in [0, 0.05) is 0 Å². The van der Waals surface area contributed by atoms with Gasteiger partial charge in [-0.3, -0.25) is 0 Å². The van der Waals surface area contributed by atoms with Crippen molar-refractivity contribution in [3.63, 3.8) is 0 Å². The van der Waals surface area contributed by atoms with Crippen molar-refractivity contribution in [1.82, 2.24) is 0 Å².